The van der Waals surface area contributed by atoms with Crippen LogP contribution in [0.1, 0.15) is 49.6 Å². The summed E-state index contributed by atoms with van der Waals surface area (Å²) in [5, 5.41) is 10.1. The highest BCUT2D eigenvalue weighted by molar-refractivity contribution is 6.32. The zero-order valence-corrected chi connectivity index (χ0v) is 24.4. The standard InChI is InChI=1S/C40H31N3/c1-25-13-12-20-33-34(25)36-31-22-21-26-14-4-5-15-27(26)35(31)28-16-6-7-17-29(28)37(36)43(33)39-41-32-19-9-8-18-30(32)38(42-39)40(2)23-10-3-11-24-40/h3-12,14-23,25H,13,24H2,1-2H3. The van der Waals surface area contributed by atoms with Gasteiger partial charge < -0.3 is 0 Å². The number of aromatic nitrogens is 3. The summed E-state index contributed by atoms with van der Waals surface area (Å²) in [5.41, 5.74) is 5.64. The van der Waals surface area contributed by atoms with Crippen molar-refractivity contribution in [3.63, 3.8) is 0 Å². The van der Waals surface area contributed by atoms with Gasteiger partial charge >= 0.3 is 0 Å². The summed E-state index contributed by atoms with van der Waals surface area (Å²) in [4.78, 5) is 10.8. The van der Waals surface area contributed by atoms with Crippen LogP contribution in [0.3, 0.4) is 0 Å². The Balaban J connectivity index is 1.50. The Morgan fingerprint density at radius 1 is 0.721 bits per heavy atom. The molecule has 0 saturated heterocycles. The molecule has 2 aliphatic rings. The predicted octanol–water partition coefficient (Wildman–Crippen LogP) is 10.3. The lowest BCUT2D eigenvalue weighted by Crippen LogP contribution is -2.23. The molecule has 2 heterocycles. The lowest BCUT2D eigenvalue weighted by atomic mass is 9.79. The lowest BCUT2D eigenvalue weighted by molar-refractivity contribution is 0.582. The van der Waals surface area contributed by atoms with Gasteiger partial charge in [-0.25, -0.2) is 9.97 Å². The van der Waals surface area contributed by atoms with Gasteiger partial charge in [-0.2, -0.15) is 0 Å². The molecule has 2 unspecified atom stereocenters. The lowest BCUT2D eigenvalue weighted by Gasteiger charge is -2.28. The molecular weight excluding hydrogens is 522 g/mol. The van der Waals surface area contributed by atoms with Gasteiger partial charge in [0.25, 0.3) is 0 Å². The average Bonchev–Trinajstić information content (AvgIpc) is 3.41. The first kappa shape index (κ1) is 24.6. The van der Waals surface area contributed by atoms with Crippen LogP contribution in [0.15, 0.2) is 115 Å². The van der Waals surface area contributed by atoms with Gasteiger partial charge in [0, 0.05) is 21.6 Å². The van der Waals surface area contributed by atoms with Crippen molar-refractivity contribution in [1.82, 2.24) is 14.5 Å². The molecule has 0 aliphatic heterocycles. The second-order valence-corrected chi connectivity index (χ2v) is 12.5. The van der Waals surface area contributed by atoms with Gasteiger partial charge in [-0.05, 0) is 63.4 Å². The van der Waals surface area contributed by atoms with Gasteiger partial charge in [0.15, 0.2) is 0 Å². The summed E-state index contributed by atoms with van der Waals surface area (Å²) in [6.07, 6.45) is 15.4. The predicted molar refractivity (Wildman–Crippen MR) is 181 cm³/mol. The summed E-state index contributed by atoms with van der Waals surface area (Å²) < 4.78 is 2.37. The zero-order chi connectivity index (χ0) is 28.7. The van der Waals surface area contributed by atoms with E-state index in [1.807, 2.05) is 0 Å². The molecule has 3 heteroatoms. The molecule has 5 aromatic carbocycles. The fraction of sp³-hybridized carbons (Fsp3) is 0.150. The number of fused-ring (bicyclic) bond motifs is 11. The van der Waals surface area contributed by atoms with Crippen molar-refractivity contribution in [2.75, 3.05) is 0 Å². The maximum atomic E-state index is 5.49. The second kappa shape index (κ2) is 8.99. The molecule has 2 atom stereocenters. The van der Waals surface area contributed by atoms with E-state index < -0.39 is 0 Å². The van der Waals surface area contributed by atoms with E-state index >= 15 is 0 Å². The number of hydrogen-bond donors (Lipinski definition) is 0. The Kier molecular flexibility index (Phi) is 5.14. The third kappa shape index (κ3) is 3.42. The van der Waals surface area contributed by atoms with Crippen LogP contribution in [0.2, 0.25) is 0 Å². The number of benzene rings is 5. The van der Waals surface area contributed by atoms with Gasteiger partial charge in [-0.1, -0.05) is 123 Å². The minimum Gasteiger partial charge on any atom is -0.278 e. The fourth-order valence-corrected chi connectivity index (χ4v) is 7.69. The van der Waals surface area contributed by atoms with E-state index in [2.05, 4.69) is 140 Å². The van der Waals surface area contributed by atoms with Crippen LogP contribution in [0.25, 0.3) is 66.1 Å². The molecule has 7 aromatic rings. The van der Waals surface area contributed by atoms with Crippen LogP contribution in [-0.4, -0.2) is 14.5 Å². The molecule has 0 amide bonds. The molecule has 206 valence electrons. The highest BCUT2D eigenvalue weighted by atomic mass is 15.2. The minimum atomic E-state index is -0.216. The third-order valence-corrected chi connectivity index (χ3v) is 9.74. The molecule has 2 aliphatic carbocycles. The van der Waals surface area contributed by atoms with Crippen LogP contribution < -0.4 is 0 Å². The highest BCUT2D eigenvalue weighted by Crippen LogP contribution is 2.47. The van der Waals surface area contributed by atoms with Crippen molar-refractivity contribution in [1.29, 1.82) is 0 Å². The molecule has 43 heavy (non-hydrogen) atoms. The van der Waals surface area contributed by atoms with Gasteiger partial charge in [0.05, 0.1) is 22.4 Å². The first-order chi connectivity index (χ1) is 21.1. The molecule has 0 N–H and O–H groups in total. The summed E-state index contributed by atoms with van der Waals surface area (Å²) in [6, 6.07) is 30.8. The van der Waals surface area contributed by atoms with E-state index in [1.165, 1.54) is 54.5 Å². The van der Waals surface area contributed by atoms with Crippen LogP contribution in [0.5, 0.6) is 0 Å². The topological polar surface area (TPSA) is 30.7 Å². The van der Waals surface area contributed by atoms with Gasteiger partial charge in [0.1, 0.15) is 0 Å². The number of allylic oxidation sites excluding steroid dienone is 5. The van der Waals surface area contributed by atoms with Crippen molar-refractivity contribution in [2.45, 2.75) is 38.0 Å². The molecule has 0 bridgehead atoms. The summed E-state index contributed by atoms with van der Waals surface area (Å²) in [7, 11) is 0. The highest BCUT2D eigenvalue weighted by Gasteiger charge is 2.31. The van der Waals surface area contributed by atoms with E-state index in [4.69, 9.17) is 9.97 Å². The smallest absolute Gasteiger partial charge is 0.235 e. The van der Waals surface area contributed by atoms with E-state index in [-0.39, 0.29) is 5.41 Å². The molecule has 0 fully saturated rings. The molecule has 0 spiro atoms. The maximum Gasteiger partial charge on any atom is 0.235 e. The van der Waals surface area contributed by atoms with Crippen molar-refractivity contribution in [2.24, 2.45) is 0 Å². The zero-order valence-electron chi connectivity index (χ0n) is 24.4. The van der Waals surface area contributed by atoms with Crippen molar-refractivity contribution in [3.05, 3.63) is 132 Å². The van der Waals surface area contributed by atoms with Crippen LogP contribution in [0.4, 0.5) is 0 Å². The van der Waals surface area contributed by atoms with E-state index in [1.54, 1.807) is 0 Å². The molecule has 3 nitrogen and oxygen atoms in total. The number of nitrogens with zero attached hydrogens (tertiary/aromatic N) is 3. The third-order valence-electron chi connectivity index (χ3n) is 9.74. The minimum absolute atomic E-state index is 0.216. The van der Waals surface area contributed by atoms with Crippen LogP contribution in [0, 0.1) is 0 Å². The SMILES string of the molecule is CC1CC=Cc2c1c1c3ccc4ccccc4c3c3ccccc3c1n2-c1nc(C2(C)C=CC=CC2)c2ccccc2n1. The van der Waals surface area contributed by atoms with Crippen molar-refractivity contribution >= 4 is 60.2 Å². The quantitative estimate of drug-likeness (QED) is 0.199. The Morgan fingerprint density at radius 3 is 2.33 bits per heavy atom. The van der Waals surface area contributed by atoms with E-state index in [9.17, 15) is 0 Å². The monoisotopic (exact) mass is 553 g/mol. The fourth-order valence-electron chi connectivity index (χ4n) is 7.69. The maximum absolute atomic E-state index is 5.49. The summed E-state index contributed by atoms with van der Waals surface area (Å²) >= 11 is 0. The largest absolute Gasteiger partial charge is 0.278 e. The van der Waals surface area contributed by atoms with Gasteiger partial charge in [0.2, 0.25) is 5.95 Å². The Morgan fingerprint density at radius 2 is 1.49 bits per heavy atom. The average molecular weight is 554 g/mol. The van der Waals surface area contributed by atoms with Crippen LogP contribution >= 0.6 is 0 Å². The molecule has 2 aromatic heterocycles. The first-order valence-electron chi connectivity index (χ1n) is 15.3. The molecular formula is C40H31N3. The van der Waals surface area contributed by atoms with Gasteiger partial charge in [-0.3, -0.25) is 4.57 Å². The van der Waals surface area contributed by atoms with Gasteiger partial charge in [-0.15, -0.1) is 0 Å². The first-order valence-corrected chi connectivity index (χ1v) is 15.3. The van der Waals surface area contributed by atoms with E-state index in [0.717, 1.165) is 35.4 Å². The van der Waals surface area contributed by atoms with Crippen molar-refractivity contribution in [3.8, 4) is 5.95 Å². The number of rotatable bonds is 2. The number of hydrogen-bond acceptors (Lipinski definition) is 2. The molecule has 0 saturated carbocycles. The second-order valence-electron chi connectivity index (χ2n) is 12.5. The Hall–Kier alpha value is -5.02. The molecule has 0 radical (unpaired) electrons. The Bertz CT molecular complexity index is 2390. The molecule has 9 rings (SSSR count). The van der Waals surface area contributed by atoms with E-state index in [0.29, 0.717) is 5.92 Å². The van der Waals surface area contributed by atoms with Crippen LogP contribution in [-0.2, 0) is 5.41 Å². The number of para-hydroxylation sites is 1. The summed E-state index contributed by atoms with van der Waals surface area (Å²) in [5.74, 6) is 1.12. The Labute approximate surface area is 250 Å². The summed E-state index contributed by atoms with van der Waals surface area (Å²) in [6.45, 7) is 4.66. The normalized spacial score (nSPS) is 19.7. The van der Waals surface area contributed by atoms with Crippen molar-refractivity contribution < 1.29 is 0 Å².